The topological polar surface area (TPSA) is 46.9 Å². The molecule has 3 rings (SSSR count). The van der Waals surface area contributed by atoms with Gasteiger partial charge in [0.15, 0.2) is 0 Å². The van der Waals surface area contributed by atoms with Crippen molar-refractivity contribution >= 4 is 17.7 Å². The molecule has 0 saturated heterocycles. The second kappa shape index (κ2) is 8.48. The van der Waals surface area contributed by atoms with Gasteiger partial charge < -0.3 is 5.32 Å². The fourth-order valence-corrected chi connectivity index (χ4v) is 3.11. The molecule has 0 aliphatic rings. The van der Waals surface area contributed by atoms with Crippen LogP contribution in [0.5, 0.6) is 0 Å². The third kappa shape index (κ3) is 5.19. The van der Waals surface area contributed by atoms with E-state index in [0.717, 1.165) is 16.1 Å². The molecule has 0 fully saturated rings. The molecule has 2 aromatic carbocycles. The van der Waals surface area contributed by atoms with Crippen molar-refractivity contribution in [1.82, 2.24) is 15.1 Å². The van der Waals surface area contributed by atoms with Crippen LogP contribution in [0.25, 0.3) is 5.69 Å². The molecular weight excluding hydrogens is 337 g/mol. The summed E-state index contributed by atoms with van der Waals surface area (Å²) in [4.78, 5) is 12.9. The lowest BCUT2D eigenvalue weighted by atomic mass is 10.3. The maximum Gasteiger partial charge on any atom is 0.221 e. The highest BCUT2D eigenvalue weighted by atomic mass is 32.2. The third-order valence-corrected chi connectivity index (χ3v) is 4.57. The van der Waals surface area contributed by atoms with Crippen molar-refractivity contribution in [3.8, 4) is 5.69 Å². The fourth-order valence-electron chi connectivity index (χ4n) is 2.25. The van der Waals surface area contributed by atoms with Crippen LogP contribution in [0.15, 0.2) is 71.9 Å². The van der Waals surface area contributed by atoms with E-state index in [1.54, 1.807) is 23.0 Å². The fraction of sp³-hybridized carbons (Fsp3) is 0.158. The Labute approximate surface area is 150 Å². The van der Waals surface area contributed by atoms with Crippen molar-refractivity contribution in [1.29, 1.82) is 0 Å². The van der Waals surface area contributed by atoms with E-state index in [1.807, 2.05) is 36.5 Å². The lowest BCUT2D eigenvalue weighted by molar-refractivity contribution is -0.120. The number of hydrogen-bond acceptors (Lipinski definition) is 3. The second-order valence-electron chi connectivity index (χ2n) is 5.46. The molecule has 1 N–H and O–H groups in total. The summed E-state index contributed by atoms with van der Waals surface area (Å²) in [5.41, 5.74) is 1.93. The summed E-state index contributed by atoms with van der Waals surface area (Å²) < 4.78 is 14.6. The van der Waals surface area contributed by atoms with Gasteiger partial charge in [-0.1, -0.05) is 18.2 Å². The normalized spacial score (nSPS) is 10.6. The van der Waals surface area contributed by atoms with E-state index in [1.165, 1.54) is 23.9 Å². The third-order valence-electron chi connectivity index (χ3n) is 3.56. The predicted octanol–water partition coefficient (Wildman–Crippen LogP) is 3.81. The van der Waals surface area contributed by atoms with Crippen molar-refractivity contribution in [2.45, 2.75) is 17.9 Å². The molecule has 1 amide bonds. The zero-order chi connectivity index (χ0) is 17.5. The van der Waals surface area contributed by atoms with Gasteiger partial charge in [0.1, 0.15) is 5.82 Å². The van der Waals surface area contributed by atoms with Crippen molar-refractivity contribution in [3.05, 3.63) is 78.4 Å². The largest absolute Gasteiger partial charge is 0.352 e. The van der Waals surface area contributed by atoms with Gasteiger partial charge in [-0.3, -0.25) is 4.79 Å². The number of nitrogens with one attached hydrogen (secondary N) is 1. The molecule has 4 nitrogen and oxygen atoms in total. The Bertz CT molecular complexity index is 818. The average Bonchev–Trinajstić information content (AvgIpc) is 3.11. The van der Waals surface area contributed by atoms with Gasteiger partial charge in [0.05, 0.1) is 11.9 Å². The van der Waals surface area contributed by atoms with Crippen LogP contribution in [0, 0.1) is 5.82 Å². The Morgan fingerprint density at radius 1 is 1.12 bits per heavy atom. The van der Waals surface area contributed by atoms with Crippen LogP contribution in [0.4, 0.5) is 4.39 Å². The van der Waals surface area contributed by atoms with Crippen LogP contribution in [0.3, 0.4) is 0 Å². The van der Waals surface area contributed by atoms with Gasteiger partial charge in [0, 0.05) is 35.4 Å². The van der Waals surface area contributed by atoms with E-state index in [-0.39, 0.29) is 11.7 Å². The molecule has 0 bridgehead atoms. The standard InChI is InChI=1S/C19H18FN3OS/c20-16-6-8-18(9-7-16)25-11-10-19(24)21-12-15-13-22-23(14-15)17-4-2-1-3-5-17/h1-9,13-14H,10-12H2,(H,21,24). The molecule has 0 aliphatic carbocycles. The van der Waals surface area contributed by atoms with Crippen LogP contribution in [0.2, 0.25) is 0 Å². The van der Waals surface area contributed by atoms with Gasteiger partial charge in [-0.2, -0.15) is 5.10 Å². The zero-order valence-electron chi connectivity index (χ0n) is 13.6. The predicted molar refractivity (Wildman–Crippen MR) is 97.2 cm³/mol. The van der Waals surface area contributed by atoms with Crippen molar-refractivity contribution in [3.63, 3.8) is 0 Å². The van der Waals surface area contributed by atoms with Gasteiger partial charge in [-0.25, -0.2) is 9.07 Å². The Morgan fingerprint density at radius 2 is 1.88 bits per heavy atom. The summed E-state index contributed by atoms with van der Waals surface area (Å²) in [6.45, 7) is 0.451. The van der Waals surface area contributed by atoms with E-state index in [2.05, 4.69) is 10.4 Å². The van der Waals surface area contributed by atoms with Crippen LogP contribution in [0.1, 0.15) is 12.0 Å². The molecule has 0 aliphatic heterocycles. The monoisotopic (exact) mass is 355 g/mol. The second-order valence-corrected chi connectivity index (χ2v) is 6.63. The highest BCUT2D eigenvalue weighted by molar-refractivity contribution is 7.99. The molecule has 128 valence electrons. The van der Waals surface area contributed by atoms with E-state index in [4.69, 9.17) is 0 Å². The van der Waals surface area contributed by atoms with Crippen LogP contribution < -0.4 is 5.32 Å². The number of amides is 1. The molecule has 6 heteroatoms. The number of halogens is 1. The number of benzene rings is 2. The number of thioether (sulfide) groups is 1. The van der Waals surface area contributed by atoms with E-state index < -0.39 is 0 Å². The minimum absolute atomic E-state index is 0.0120. The number of rotatable bonds is 7. The molecule has 0 saturated carbocycles. The summed E-state index contributed by atoms with van der Waals surface area (Å²) in [6, 6.07) is 16.1. The number of para-hydroxylation sites is 1. The highest BCUT2D eigenvalue weighted by Crippen LogP contribution is 2.18. The van der Waals surface area contributed by atoms with Crippen molar-refractivity contribution < 1.29 is 9.18 Å². The van der Waals surface area contributed by atoms with Gasteiger partial charge in [0.2, 0.25) is 5.91 Å². The summed E-state index contributed by atoms with van der Waals surface area (Å²) in [5, 5.41) is 7.20. The first kappa shape index (κ1) is 17.2. The quantitative estimate of drug-likeness (QED) is 0.656. The molecule has 0 atom stereocenters. The Morgan fingerprint density at radius 3 is 2.64 bits per heavy atom. The minimum atomic E-state index is -0.252. The first-order valence-corrected chi connectivity index (χ1v) is 8.93. The number of aromatic nitrogens is 2. The van der Waals surface area contributed by atoms with E-state index in [0.29, 0.717) is 18.7 Å². The van der Waals surface area contributed by atoms with Gasteiger partial charge in [-0.05, 0) is 36.4 Å². The number of hydrogen-bond donors (Lipinski definition) is 1. The summed E-state index contributed by atoms with van der Waals surface area (Å²) >= 11 is 1.54. The average molecular weight is 355 g/mol. The first-order valence-electron chi connectivity index (χ1n) is 7.95. The van der Waals surface area contributed by atoms with Crippen molar-refractivity contribution in [2.75, 3.05) is 5.75 Å². The Kier molecular flexibility index (Phi) is 5.85. The van der Waals surface area contributed by atoms with Crippen LogP contribution >= 0.6 is 11.8 Å². The van der Waals surface area contributed by atoms with Crippen LogP contribution in [-0.4, -0.2) is 21.4 Å². The molecule has 0 unspecified atom stereocenters. The zero-order valence-corrected chi connectivity index (χ0v) is 14.4. The summed E-state index contributed by atoms with van der Waals surface area (Å²) in [7, 11) is 0. The number of carbonyl (C=O) groups excluding carboxylic acids is 1. The maximum absolute atomic E-state index is 12.8. The molecule has 0 spiro atoms. The summed E-state index contributed by atoms with van der Waals surface area (Å²) in [6.07, 6.45) is 4.07. The maximum atomic E-state index is 12.8. The van der Waals surface area contributed by atoms with E-state index >= 15 is 0 Å². The SMILES string of the molecule is O=C(CCSc1ccc(F)cc1)NCc1cnn(-c2ccccc2)c1. The molecule has 3 aromatic rings. The summed E-state index contributed by atoms with van der Waals surface area (Å²) in [5.74, 6) is 0.390. The number of carbonyl (C=O) groups is 1. The van der Waals surface area contributed by atoms with Crippen LogP contribution in [-0.2, 0) is 11.3 Å². The number of nitrogens with zero attached hydrogens (tertiary/aromatic N) is 2. The lowest BCUT2D eigenvalue weighted by Crippen LogP contribution is -2.22. The molecule has 0 radical (unpaired) electrons. The van der Waals surface area contributed by atoms with Gasteiger partial charge in [0.25, 0.3) is 0 Å². The smallest absolute Gasteiger partial charge is 0.221 e. The molecule has 25 heavy (non-hydrogen) atoms. The van der Waals surface area contributed by atoms with Gasteiger partial charge >= 0.3 is 0 Å². The van der Waals surface area contributed by atoms with Gasteiger partial charge in [-0.15, -0.1) is 11.8 Å². The molecule has 1 aromatic heterocycles. The molecule has 1 heterocycles. The Balaban J connectivity index is 1.42. The van der Waals surface area contributed by atoms with Crippen molar-refractivity contribution in [2.24, 2.45) is 0 Å². The minimum Gasteiger partial charge on any atom is -0.352 e. The Hall–Kier alpha value is -2.60. The molecular formula is C19H18FN3OS. The lowest BCUT2D eigenvalue weighted by Gasteiger charge is -2.04. The van der Waals surface area contributed by atoms with E-state index in [9.17, 15) is 9.18 Å². The highest BCUT2D eigenvalue weighted by Gasteiger charge is 2.05. The first-order chi connectivity index (χ1) is 12.2.